The van der Waals surface area contributed by atoms with Crippen LogP contribution in [0.1, 0.15) is 24.8 Å². The minimum atomic E-state index is -0.180. The second-order valence-corrected chi connectivity index (χ2v) is 5.79. The van der Waals surface area contributed by atoms with Gasteiger partial charge in [-0.2, -0.15) is 9.61 Å². The van der Waals surface area contributed by atoms with Crippen LogP contribution >= 0.6 is 11.3 Å². The van der Waals surface area contributed by atoms with Crippen LogP contribution in [-0.2, 0) is 4.74 Å². The molecule has 4 rings (SSSR count). The molecule has 1 unspecified atom stereocenters. The summed E-state index contributed by atoms with van der Waals surface area (Å²) < 4.78 is 7.27. The smallest absolute Gasteiger partial charge is 0.235 e. The number of aromatic nitrogens is 4. The number of nitrogens with zero attached hydrogens (tertiary/aromatic N) is 4. The van der Waals surface area contributed by atoms with Gasteiger partial charge < -0.3 is 14.9 Å². The lowest BCUT2D eigenvalue weighted by Gasteiger charge is -2.04. The summed E-state index contributed by atoms with van der Waals surface area (Å²) in [6.07, 6.45) is 1.84. The molecule has 8 heteroatoms. The van der Waals surface area contributed by atoms with Crippen molar-refractivity contribution in [3.05, 3.63) is 24.0 Å². The Morgan fingerprint density at radius 3 is 3.00 bits per heavy atom. The van der Waals surface area contributed by atoms with E-state index in [9.17, 15) is 10.2 Å². The van der Waals surface area contributed by atoms with Crippen LogP contribution in [0.15, 0.2) is 18.2 Å². The van der Waals surface area contributed by atoms with Crippen LogP contribution in [0.5, 0.6) is 11.5 Å². The molecule has 3 aromatic rings. The summed E-state index contributed by atoms with van der Waals surface area (Å²) in [6.45, 7) is 0.726. The quantitative estimate of drug-likeness (QED) is 0.704. The fourth-order valence-corrected chi connectivity index (χ4v) is 3.30. The van der Waals surface area contributed by atoms with Crippen molar-refractivity contribution in [2.24, 2.45) is 0 Å². The highest BCUT2D eigenvalue weighted by atomic mass is 32.1. The third-order valence-corrected chi connectivity index (χ3v) is 4.41. The molecule has 21 heavy (non-hydrogen) atoms. The highest BCUT2D eigenvalue weighted by molar-refractivity contribution is 7.19. The van der Waals surface area contributed by atoms with Gasteiger partial charge in [-0.15, -0.1) is 10.2 Å². The molecule has 1 aliphatic heterocycles. The predicted molar refractivity (Wildman–Crippen MR) is 75.4 cm³/mol. The van der Waals surface area contributed by atoms with E-state index in [1.807, 2.05) is 0 Å². The number of ether oxygens (including phenoxy) is 1. The average molecular weight is 304 g/mol. The Hall–Kier alpha value is -2.19. The van der Waals surface area contributed by atoms with Crippen molar-refractivity contribution in [2.75, 3.05) is 6.61 Å². The third-order valence-electron chi connectivity index (χ3n) is 3.48. The van der Waals surface area contributed by atoms with Gasteiger partial charge in [0.2, 0.25) is 4.96 Å². The van der Waals surface area contributed by atoms with E-state index in [0.29, 0.717) is 21.4 Å². The summed E-state index contributed by atoms with van der Waals surface area (Å²) >= 11 is 1.30. The molecule has 1 fully saturated rings. The molecule has 108 valence electrons. The first-order valence-corrected chi connectivity index (χ1v) is 7.41. The first kappa shape index (κ1) is 12.5. The van der Waals surface area contributed by atoms with E-state index in [1.165, 1.54) is 17.4 Å². The second-order valence-electron chi connectivity index (χ2n) is 4.83. The summed E-state index contributed by atoms with van der Waals surface area (Å²) in [5, 5.41) is 32.8. The van der Waals surface area contributed by atoms with Gasteiger partial charge in [0.1, 0.15) is 6.10 Å². The van der Waals surface area contributed by atoms with Gasteiger partial charge in [-0.05, 0) is 25.0 Å². The summed E-state index contributed by atoms with van der Waals surface area (Å²) in [5.41, 5.74) is 0.476. The SMILES string of the molecule is Oc1cccc(-c2nn3c(C4CCCO4)nnc3s2)c1O. The molecular formula is C13H12N4O3S. The van der Waals surface area contributed by atoms with Crippen molar-refractivity contribution in [2.45, 2.75) is 18.9 Å². The van der Waals surface area contributed by atoms with Crippen molar-refractivity contribution < 1.29 is 14.9 Å². The molecular weight excluding hydrogens is 292 g/mol. The number of fused-ring (bicyclic) bond motifs is 1. The first-order valence-electron chi connectivity index (χ1n) is 6.59. The van der Waals surface area contributed by atoms with E-state index in [-0.39, 0.29) is 17.6 Å². The first-order chi connectivity index (χ1) is 10.2. The molecule has 1 aromatic carbocycles. The maximum absolute atomic E-state index is 9.94. The van der Waals surface area contributed by atoms with Crippen LogP contribution in [0, 0.1) is 0 Å². The Bertz CT molecular complexity index is 807. The van der Waals surface area contributed by atoms with E-state index >= 15 is 0 Å². The lowest BCUT2D eigenvalue weighted by molar-refractivity contribution is 0.103. The number of aromatic hydroxyl groups is 2. The Morgan fingerprint density at radius 1 is 1.29 bits per heavy atom. The molecule has 0 radical (unpaired) electrons. The molecule has 1 saturated heterocycles. The highest BCUT2D eigenvalue weighted by Crippen LogP contribution is 2.38. The average Bonchev–Trinajstić information content (AvgIpc) is 3.16. The van der Waals surface area contributed by atoms with E-state index in [1.54, 1.807) is 16.6 Å². The maximum atomic E-state index is 9.94. The largest absolute Gasteiger partial charge is 0.504 e. The van der Waals surface area contributed by atoms with Crippen LogP contribution in [0.4, 0.5) is 0 Å². The van der Waals surface area contributed by atoms with Gasteiger partial charge in [-0.25, -0.2) is 0 Å². The molecule has 2 N–H and O–H groups in total. The van der Waals surface area contributed by atoms with Crippen LogP contribution in [0.2, 0.25) is 0 Å². The molecule has 3 heterocycles. The van der Waals surface area contributed by atoms with Crippen molar-refractivity contribution in [3.63, 3.8) is 0 Å². The number of benzene rings is 1. The zero-order valence-corrected chi connectivity index (χ0v) is 11.7. The molecule has 2 aromatic heterocycles. The van der Waals surface area contributed by atoms with E-state index < -0.39 is 0 Å². The molecule has 0 aliphatic carbocycles. The topological polar surface area (TPSA) is 92.8 Å². The van der Waals surface area contributed by atoms with Crippen molar-refractivity contribution >= 4 is 16.3 Å². The summed E-state index contributed by atoms with van der Waals surface area (Å²) in [7, 11) is 0. The number of hydrogen-bond acceptors (Lipinski definition) is 7. The Balaban J connectivity index is 1.82. The lowest BCUT2D eigenvalue weighted by atomic mass is 10.2. The minimum absolute atomic E-state index is 0.0762. The zero-order chi connectivity index (χ0) is 14.4. The normalized spacial score (nSPS) is 18.6. The van der Waals surface area contributed by atoms with Gasteiger partial charge in [0.05, 0.1) is 5.56 Å². The second kappa shape index (κ2) is 4.68. The molecule has 1 atom stereocenters. The number of para-hydroxylation sites is 1. The van der Waals surface area contributed by atoms with Gasteiger partial charge in [0.15, 0.2) is 22.3 Å². The molecule has 0 amide bonds. The van der Waals surface area contributed by atoms with Crippen LogP contribution in [0.3, 0.4) is 0 Å². The van der Waals surface area contributed by atoms with Gasteiger partial charge in [0, 0.05) is 6.61 Å². The summed E-state index contributed by atoms with van der Waals surface area (Å²) in [6, 6.07) is 4.79. The van der Waals surface area contributed by atoms with E-state index in [4.69, 9.17) is 4.74 Å². The van der Waals surface area contributed by atoms with Crippen LogP contribution in [-0.4, -0.2) is 36.6 Å². The van der Waals surface area contributed by atoms with Crippen molar-refractivity contribution in [3.8, 4) is 22.1 Å². The highest BCUT2D eigenvalue weighted by Gasteiger charge is 2.25. The molecule has 7 nitrogen and oxygen atoms in total. The monoisotopic (exact) mass is 304 g/mol. The molecule has 0 saturated carbocycles. The van der Waals surface area contributed by atoms with E-state index in [0.717, 1.165) is 19.4 Å². The number of phenolic OH excluding ortho intramolecular Hbond substituents is 2. The summed E-state index contributed by atoms with van der Waals surface area (Å²) in [4.78, 5) is 0.637. The maximum Gasteiger partial charge on any atom is 0.235 e. The van der Waals surface area contributed by atoms with Crippen LogP contribution < -0.4 is 0 Å². The van der Waals surface area contributed by atoms with Crippen molar-refractivity contribution in [1.29, 1.82) is 0 Å². The van der Waals surface area contributed by atoms with Gasteiger partial charge >= 0.3 is 0 Å². The van der Waals surface area contributed by atoms with Gasteiger partial charge in [-0.3, -0.25) is 0 Å². The lowest BCUT2D eigenvalue weighted by Crippen LogP contribution is -2.03. The zero-order valence-electron chi connectivity index (χ0n) is 10.9. The molecule has 0 spiro atoms. The fourth-order valence-electron chi connectivity index (χ4n) is 2.43. The van der Waals surface area contributed by atoms with Gasteiger partial charge in [0.25, 0.3) is 0 Å². The third kappa shape index (κ3) is 1.95. The fraction of sp³-hybridized carbons (Fsp3) is 0.308. The molecule has 0 bridgehead atoms. The van der Waals surface area contributed by atoms with Gasteiger partial charge in [-0.1, -0.05) is 17.4 Å². The Labute approximate surface area is 123 Å². The minimum Gasteiger partial charge on any atom is -0.504 e. The standard InChI is InChI=1S/C13H12N4O3S/c18-8-4-1-3-7(10(8)19)12-16-17-11(9-5-2-6-20-9)14-15-13(17)21-12/h1,3-4,9,18-19H,2,5-6H2. The number of hydrogen-bond donors (Lipinski definition) is 2. The van der Waals surface area contributed by atoms with Crippen molar-refractivity contribution in [1.82, 2.24) is 19.8 Å². The van der Waals surface area contributed by atoms with Crippen LogP contribution in [0.25, 0.3) is 15.5 Å². The Kier molecular flexibility index (Phi) is 2.79. The summed E-state index contributed by atoms with van der Waals surface area (Å²) in [5.74, 6) is 0.337. The predicted octanol–water partition coefficient (Wildman–Crippen LogP) is 2.12. The Morgan fingerprint density at radius 2 is 2.19 bits per heavy atom. The molecule has 1 aliphatic rings. The number of phenols is 2. The van der Waals surface area contributed by atoms with E-state index in [2.05, 4.69) is 15.3 Å². The number of rotatable bonds is 2.